The molecule has 2 atom stereocenters. The van der Waals surface area contributed by atoms with E-state index in [1.807, 2.05) is 0 Å². The van der Waals surface area contributed by atoms with Gasteiger partial charge in [-0.15, -0.1) is 0 Å². The summed E-state index contributed by atoms with van der Waals surface area (Å²) in [5.41, 5.74) is 3.03. The van der Waals surface area contributed by atoms with Crippen molar-refractivity contribution in [2.24, 2.45) is 23.2 Å². The van der Waals surface area contributed by atoms with Crippen LogP contribution in [0.5, 0.6) is 0 Å². The highest BCUT2D eigenvalue weighted by molar-refractivity contribution is 5.83. The summed E-state index contributed by atoms with van der Waals surface area (Å²) >= 11 is 0. The molecule has 33 heavy (non-hydrogen) atoms. The number of hydrogen-bond acceptors (Lipinski definition) is 3. The Labute approximate surface area is 200 Å². The number of likely N-dealkylation sites (tertiary alicyclic amines) is 1. The topological polar surface area (TPSA) is 32.8 Å². The molecule has 1 aromatic carbocycles. The van der Waals surface area contributed by atoms with Crippen LogP contribution in [0.3, 0.4) is 0 Å². The maximum atomic E-state index is 14.1. The van der Waals surface area contributed by atoms with E-state index >= 15 is 0 Å². The van der Waals surface area contributed by atoms with Gasteiger partial charge in [-0.25, -0.2) is 0 Å². The van der Waals surface area contributed by atoms with Gasteiger partial charge in [-0.2, -0.15) is 0 Å². The summed E-state index contributed by atoms with van der Waals surface area (Å²) in [6.07, 6.45) is 11.1. The minimum atomic E-state index is -0.0738. The third-order valence-electron chi connectivity index (χ3n) is 10.0. The summed E-state index contributed by atoms with van der Waals surface area (Å²) in [4.78, 5) is 18.9. The van der Waals surface area contributed by atoms with E-state index < -0.39 is 0 Å². The molecule has 180 valence electrons. The minimum absolute atomic E-state index is 0.0738. The Kier molecular flexibility index (Phi) is 5.81. The Bertz CT molecular complexity index is 837. The van der Waals surface area contributed by atoms with Crippen LogP contribution in [0.25, 0.3) is 0 Å². The Hall–Kier alpha value is -1.39. The molecule has 7 rings (SSSR count). The van der Waals surface area contributed by atoms with Crippen molar-refractivity contribution in [2.45, 2.75) is 70.1 Å². The van der Waals surface area contributed by atoms with Crippen LogP contribution >= 0.6 is 0 Å². The molecule has 4 aliphatic carbocycles. The molecule has 2 aliphatic heterocycles. The molecule has 0 spiro atoms. The highest BCUT2D eigenvalue weighted by Crippen LogP contribution is 2.66. The smallest absolute Gasteiger partial charge is 0.228 e. The number of carbonyl (C=O) groups is 1. The second-order valence-electron chi connectivity index (χ2n) is 12.4. The van der Waals surface area contributed by atoms with Gasteiger partial charge in [0.05, 0.1) is 18.6 Å². The van der Waals surface area contributed by atoms with Crippen molar-refractivity contribution < 1.29 is 9.53 Å². The van der Waals surface area contributed by atoms with Gasteiger partial charge in [0.1, 0.15) is 0 Å². The van der Waals surface area contributed by atoms with Crippen molar-refractivity contribution in [1.82, 2.24) is 9.80 Å². The van der Waals surface area contributed by atoms with E-state index in [1.54, 1.807) is 0 Å². The average Bonchev–Trinajstić information content (AvgIpc) is 2.83. The summed E-state index contributed by atoms with van der Waals surface area (Å²) in [6.45, 7) is 9.31. The lowest BCUT2D eigenvalue weighted by molar-refractivity contribution is -0.161. The van der Waals surface area contributed by atoms with Crippen LogP contribution in [0.15, 0.2) is 24.3 Å². The Morgan fingerprint density at radius 1 is 0.970 bits per heavy atom. The fourth-order valence-electron chi connectivity index (χ4n) is 8.71. The quantitative estimate of drug-likeness (QED) is 0.646. The van der Waals surface area contributed by atoms with Crippen molar-refractivity contribution in [3.05, 3.63) is 35.4 Å². The average molecular weight is 451 g/mol. The lowest BCUT2D eigenvalue weighted by Gasteiger charge is -2.62. The second-order valence-corrected chi connectivity index (χ2v) is 12.4. The van der Waals surface area contributed by atoms with Gasteiger partial charge in [0.2, 0.25) is 5.91 Å². The van der Waals surface area contributed by atoms with Gasteiger partial charge in [0.25, 0.3) is 0 Å². The number of ether oxygens (including phenoxy) is 1. The normalized spacial score (nSPS) is 36.9. The molecule has 2 saturated heterocycles. The van der Waals surface area contributed by atoms with Crippen molar-refractivity contribution in [3.8, 4) is 0 Å². The number of nitrogens with zero attached hydrogens (tertiary/aromatic N) is 2. The van der Waals surface area contributed by atoms with Crippen LogP contribution < -0.4 is 0 Å². The van der Waals surface area contributed by atoms with Crippen molar-refractivity contribution in [1.29, 1.82) is 0 Å². The molecule has 0 N–H and O–H groups in total. The van der Waals surface area contributed by atoms with Gasteiger partial charge in [0.15, 0.2) is 0 Å². The standard InChI is InChI=1S/C29H42N2O2/c1-22-2-4-26(5-3-22)28-17-24-16-25(18-28)20-29(19-24,21-28)27(32)31-10-7-23(8-11-31)6-9-30-12-14-33-15-13-30/h2-5,23-25H,6-21H2,1H3. The number of amides is 1. The molecule has 4 saturated carbocycles. The zero-order valence-corrected chi connectivity index (χ0v) is 20.6. The van der Waals surface area contributed by atoms with E-state index in [1.165, 1.54) is 56.2 Å². The number of morpholine rings is 1. The highest BCUT2D eigenvalue weighted by Gasteiger charge is 2.61. The summed E-state index contributed by atoms with van der Waals surface area (Å²) in [5, 5.41) is 0. The van der Waals surface area contributed by atoms with E-state index in [0.717, 1.165) is 76.4 Å². The third kappa shape index (κ3) is 4.16. The Morgan fingerprint density at radius 2 is 1.64 bits per heavy atom. The van der Waals surface area contributed by atoms with Crippen LogP contribution in [0.2, 0.25) is 0 Å². The predicted molar refractivity (Wildman–Crippen MR) is 131 cm³/mol. The number of aryl methyl sites for hydroxylation is 1. The number of carbonyl (C=O) groups excluding carboxylic acids is 1. The van der Waals surface area contributed by atoms with Crippen molar-refractivity contribution in [3.63, 3.8) is 0 Å². The predicted octanol–water partition coefficient (Wildman–Crippen LogP) is 4.79. The largest absolute Gasteiger partial charge is 0.379 e. The molecule has 4 nitrogen and oxygen atoms in total. The third-order valence-corrected chi connectivity index (χ3v) is 10.0. The van der Waals surface area contributed by atoms with Crippen LogP contribution in [0.4, 0.5) is 0 Å². The number of piperidine rings is 1. The lowest BCUT2D eigenvalue weighted by Crippen LogP contribution is -2.60. The molecule has 2 unspecified atom stereocenters. The molecule has 2 heterocycles. The Morgan fingerprint density at radius 3 is 2.30 bits per heavy atom. The maximum Gasteiger partial charge on any atom is 0.228 e. The number of hydrogen-bond donors (Lipinski definition) is 0. The van der Waals surface area contributed by atoms with Crippen LogP contribution in [0, 0.1) is 30.1 Å². The first kappa shape index (κ1) is 22.1. The van der Waals surface area contributed by atoms with E-state index in [2.05, 4.69) is 41.0 Å². The molecule has 6 fully saturated rings. The molecular formula is C29H42N2O2. The van der Waals surface area contributed by atoms with Gasteiger partial charge < -0.3 is 9.64 Å². The van der Waals surface area contributed by atoms with Gasteiger partial charge >= 0.3 is 0 Å². The molecular weight excluding hydrogens is 408 g/mol. The minimum Gasteiger partial charge on any atom is -0.379 e. The molecule has 0 aromatic heterocycles. The molecule has 6 aliphatic rings. The second kappa shape index (κ2) is 8.68. The number of benzene rings is 1. The first-order valence-corrected chi connectivity index (χ1v) is 13.7. The summed E-state index contributed by atoms with van der Waals surface area (Å²) in [7, 11) is 0. The van der Waals surface area contributed by atoms with Crippen molar-refractivity contribution in [2.75, 3.05) is 45.9 Å². The fraction of sp³-hybridized carbons (Fsp3) is 0.759. The van der Waals surface area contributed by atoms with Gasteiger partial charge in [0, 0.05) is 26.2 Å². The SMILES string of the molecule is Cc1ccc(C23CC4CC(CC(C(=O)N5CCC(CCN6CCOCC6)CC5)(C4)C2)C3)cc1. The highest BCUT2D eigenvalue weighted by atomic mass is 16.5. The zero-order valence-electron chi connectivity index (χ0n) is 20.6. The first-order valence-electron chi connectivity index (χ1n) is 13.7. The van der Waals surface area contributed by atoms with Crippen LogP contribution in [-0.4, -0.2) is 61.6 Å². The van der Waals surface area contributed by atoms with Crippen molar-refractivity contribution >= 4 is 5.91 Å². The van der Waals surface area contributed by atoms with Crippen LogP contribution in [-0.2, 0) is 14.9 Å². The molecule has 1 amide bonds. The van der Waals surface area contributed by atoms with E-state index in [9.17, 15) is 4.79 Å². The van der Waals surface area contributed by atoms with Gasteiger partial charge in [-0.1, -0.05) is 29.8 Å². The molecule has 1 aromatic rings. The lowest BCUT2D eigenvalue weighted by atomic mass is 9.42. The summed E-state index contributed by atoms with van der Waals surface area (Å²) in [6, 6.07) is 9.31. The molecule has 4 heteroatoms. The van der Waals surface area contributed by atoms with E-state index in [4.69, 9.17) is 4.74 Å². The Balaban J connectivity index is 1.11. The fourth-order valence-corrected chi connectivity index (χ4v) is 8.71. The maximum absolute atomic E-state index is 14.1. The monoisotopic (exact) mass is 450 g/mol. The van der Waals surface area contributed by atoms with E-state index in [0.29, 0.717) is 5.91 Å². The zero-order chi connectivity index (χ0) is 22.5. The summed E-state index contributed by atoms with van der Waals surface area (Å²) < 4.78 is 5.49. The van der Waals surface area contributed by atoms with Gasteiger partial charge in [-0.3, -0.25) is 9.69 Å². The molecule has 0 radical (unpaired) electrons. The van der Waals surface area contributed by atoms with Crippen LogP contribution in [0.1, 0.15) is 68.9 Å². The number of rotatable bonds is 5. The van der Waals surface area contributed by atoms with E-state index in [-0.39, 0.29) is 10.8 Å². The van der Waals surface area contributed by atoms with Gasteiger partial charge in [-0.05, 0) is 100.0 Å². The first-order chi connectivity index (χ1) is 16.0. The molecule has 4 bridgehead atoms. The summed E-state index contributed by atoms with van der Waals surface area (Å²) in [5.74, 6) is 2.82.